The summed E-state index contributed by atoms with van der Waals surface area (Å²) in [6, 6.07) is 0.626. The Morgan fingerprint density at radius 2 is 2.28 bits per heavy atom. The number of allylic oxidation sites excluding steroid dienone is 1. The van der Waals surface area contributed by atoms with E-state index < -0.39 is 0 Å². The summed E-state index contributed by atoms with van der Waals surface area (Å²) in [5.41, 5.74) is 0. The molecule has 2 heterocycles. The minimum atomic E-state index is -0.282. The number of aliphatic hydroxyl groups is 1. The van der Waals surface area contributed by atoms with Gasteiger partial charge in [0.25, 0.3) is 0 Å². The summed E-state index contributed by atoms with van der Waals surface area (Å²) in [5, 5.41) is 10.2. The van der Waals surface area contributed by atoms with Gasteiger partial charge in [0.05, 0.1) is 18.8 Å². The van der Waals surface area contributed by atoms with Crippen molar-refractivity contribution >= 4 is 0 Å². The molecule has 0 aliphatic carbocycles. The van der Waals surface area contributed by atoms with Crippen LogP contribution in [0.15, 0.2) is 12.7 Å². The number of hydrogen-bond donors (Lipinski definition) is 1. The maximum absolute atomic E-state index is 10.2. The number of unbranched alkanes of at least 4 members (excludes halogenated alkanes) is 3. The van der Waals surface area contributed by atoms with Crippen LogP contribution in [0.4, 0.5) is 0 Å². The third-order valence-corrected chi connectivity index (χ3v) is 4.25. The molecule has 0 bridgehead atoms. The molecule has 3 atom stereocenters. The molecule has 0 spiro atoms. The summed E-state index contributed by atoms with van der Waals surface area (Å²) in [5.74, 6) is 0. The first-order valence-corrected chi connectivity index (χ1v) is 7.46. The summed E-state index contributed by atoms with van der Waals surface area (Å²) < 4.78 is 5.82. The second-order valence-electron chi connectivity index (χ2n) is 5.66. The van der Waals surface area contributed by atoms with Crippen molar-refractivity contribution in [3.05, 3.63) is 12.7 Å². The molecule has 2 fully saturated rings. The molecule has 0 saturated carbocycles. The lowest BCUT2D eigenvalue weighted by atomic mass is 10.0. The molecule has 2 aliphatic heterocycles. The van der Waals surface area contributed by atoms with Gasteiger partial charge in [0.1, 0.15) is 0 Å². The summed E-state index contributed by atoms with van der Waals surface area (Å²) in [4.78, 5) is 2.50. The van der Waals surface area contributed by atoms with Crippen LogP contribution in [-0.4, -0.2) is 48.0 Å². The SMILES string of the molecule is C=CCCCCCC(O)C1CN2CCCC2CO1. The van der Waals surface area contributed by atoms with E-state index >= 15 is 0 Å². The Labute approximate surface area is 111 Å². The molecular formula is C15H27NO2. The first kappa shape index (κ1) is 14.0. The number of rotatable bonds is 7. The first-order chi connectivity index (χ1) is 8.81. The van der Waals surface area contributed by atoms with Crippen molar-refractivity contribution in [2.45, 2.75) is 63.2 Å². The Hall–Kier alpha value is -0.380. The van der Waals surface area contributed by atoms with Crippen LogP contribution in [0.5, 0.6) is 0 Å². The molecule has 3 unspecified atom stereocenters. The number of hydrogen-bond acceptors (Lipinski definition) is 3. The van der Waals surface area contributed by atoms with Crippen LogP contribution in [0, 0.1) is 0 Å². The van der Waals surface area contributed by atoms with Gasteiger partial charge in [0.15, 0.2) is 0 Å². The predicted octanol–water partition coefficient (Wildman–Crippen LogP) is 2.35. The van der Waals surface area contributed by atoms with Crippen molar-refractivity contribution in [2.75, 3.05) is 19.7 Å². The predicted molar refractivity (Wildman–Crippen MR) is 73.6 cm³/mol. The smallest absolute Gasteiger partial charge is 0.0961 e. The van der Waals surface area contributed by atoms with Gasteiger partial charge in [-0.2, -0.15) is 0 Å². The maximum Gasteiger partial charge on any atom is 0.0961 e. The lowest BCUT2D eigenvalue weighted by Gasteiger charge is -2.37. The molecule has 0 amide bonds. The standard InChI is InChI=1S/C15H27NO2/c1-2-3-4-5-6-9-14(17)15-11-16-10-7-8-13(16)12-18-15/h2,13-15,17H,1,3-12H2. The highest BCUT2D eigenvalue weighted by molar-refractivity contribution is 4.87. The van der Waals surface area contributed by atoms with Gasteiger partial charge in [-0.1, -0.05) is 18.9 Å². The molecule has 2 aliphatic rings. The van der Waals surface area contributed by atoms with Gasteiger partial charge in [-0.25, -0.2) is 0 Å². The number of fused-ring (bicyclic) bond motifs is 1. The van der Waals surface area contributed by atoms with Gasteiger partial charge < -0.3 is 9.84 Å². The van der Waals surface area contributed by atoms with Crippen molar-refractivity contribution in [3.8, 4) is 0 Å². The quantitative estimate of drug-likeness (QED) is 0.558. The van der Waals surface area contributed by atoms with E-state index in [1.807, 2.05) is 6.08 Å². The van der Waals surface area contributed by atoms with E-state index in [2.05, 4.69) is 11.5 Å². The molecule has 2 saturated heterocycles. The van der Waals surface area contributed by atoms with Crippen LogP contribution in [0.2, 0.25) is 0 Å². The van der Waals surface area contributed by atoms with E-state index in [9.17, 15) is 5.11 Å². The average Bonchev–Trinajstić information content (AvgIpc) is 2.85. The molecule has 0 radical (unpaired) electrons. The number of aliphatic hydroxyl groups excluding tert-OH is 1. The van der Waals surface area contributed by atoms with Crippen LogP contribution >= 0.6 is 0 Å². The maximum atomic E-state index is 10.2. The van der Waals surface area contributed by atoms with Gasteiger partial charge in [-0.15, -0.1) is 6.58 Å². The van der Waals surface area contributed by atoms with Crippen LogP contribution in [-0.2, 0) is 4.74 Å². The van der Waals surface area contributed by atoms with Crippen LogP contribution < -0.4 is 0 Å². The monoisotopic (exact) mass is 253 g/mol. The summed E-state index contributed by atoms with van der Waals surface area (Å²) in [6.45, 7) is 6.66. The fraction of sp³-hybridized carbons (Fsp3) is 0.867. The molecule has 18 heavy (non-hydrogen) atoms. The topological polar surface area (TPSA) is 32.7 Å². The van der Waals surface area contributed by atoms with Gasteiger partial charge in [-0.3, -0.25) is 4.90 Å². The Morgan fingerprint density at radius 3 is 3.11 bits per heavy atom. The van der Waals surface area contributed by atoms with Crippen LogP contribution in [0.25, 0.3) is 0 Å². The van der Waals surface area contributed by atoms with Gasteiger partial charge in [0.2, 0.25) is 0 Å². The second kappa shape index (κ2) is 7.27. The molecule has 1 N–H and O–H groups in total. The zero-order valence-corrected chi connectivity index (χ0v) is 11.4. The fourth-order valence-corrected chi connectivity index (χ4v) is 3.08. The van der Waals surface area contributed by atoms with Gasteiger partial charge in [-0.05, 0) is 38.6 Å². The van der Waals surface area contributed by atoms with Crippen molar-refractivity contribution in [1.82, 2.24) is 4.90 Å². The van der Waals surface area contributed by atoms with Crippen LogP contribution in [0.1, 0.15) is 44.9 Å². The van der Waals surface area contributed by atoms with Gasteiger partial charge >= 0.3 is 0 Å². The van der Waals surface area contributed by atoms with E-state index in [1.165, 1.54) is 32.2 Å². The lowest BCUT2D eigenvalue weighted by molar-refractivity contribution is -0.104. The highest BCUT2D eigenvalue weighted by Crippen LogP contribution is 2.24. The van der Waals surface area contributed by atoms with Crippen molar-refractivity contribution in [1.29, 1.82) is 0 Å². The Balaban J connectivity index is 1.63. The zero-order chi connectivity index (χ0) is 12.8. The molecule has 3 nitrogen and oxygen atoms in total. The average molecular weight is 253 g/mol. The Morgan fingerprint density at radius 1 is 1.39 bits per heavy atom. The Bertz CT molecular complexity index is 257. The molecule has 0 aromatic carbocycles. The van der Waals surface area contributed by atoms with Gasteiger partial charge in [0, 0.05) is 12.6 Å². The molecule has 2 rings (SSSR count). The number of morpholine rings is 1. The number of ether oxygens (including phenoxy) is 1. The summed E-state index contributed by atoms with van der Waals surface area (Å²) in [6.07, 6.45) is 9.72. The van der Waals surface area contributed by atoms with Crippen molar-refractivity contribution < 1.29 is 9.84 Å². The van der Waals surface area contributed by atoms with Crippen molar-refractivity contribution in [2.24, 2.45) is 0 Å². The third-order valence-electron chi connectivity index (χ3n) is 4.25. The molecule has 3 heteroatoms. The van der Waals surface area contributed by atoms with E-state index in [0.717, 1.165) is 32.4 Å². The van der Waals surface area contributed by atoms with Crippen LogP contribution in [0.3, 0.4) is 0 Å². The lowest BCUT2D eigenvalue weighted by Crippen LogP contribution is -2.50. The molecule has 104 valence electrons. The Kier molecular flexibility index (Phi) is 5.67. The minimum absolute atomic E-state index is 0.0405. The second-order valence-corrected chi connectivity index (χ2v) is 5.66. The molecular weight excluding hydrogens is 226 g/mol. The van der Waals surface area contributed by atoms with Crippen molar-refractivity contribution in [3.63, 3.8) is 0 Å². The van der Waals surface area contributed by atoms with E-state index in [0.29, 0.717) is 6.04 Å². The number of nitrogens with zero attached hydrogens (tertiary/aromatic N) is 1. The summed E-state index contributed by atoms with van der Waals surface area (Å²) >= 11 is 0. The van der Waals surface area contributed by atoms with E-state index in [4.69, 9.17) is 4.74 Å². The first-order valence-electron chi connectivity index (χ1n) is 7.46. The molecule has 0 aromatic rings. The summed E-state index contributed by atoms with van der Waals surface area (Å²) in [7, 11) is 0. The van der Waals surface area contributed by atoms with E-state index in [-0.39, 0.29) is 12.2 Å². The normalized spacial score (nSPS) is 30.1. The van der Waals surface area contributed by atoms with E-state index in [1.54, 1.807) is 0 Å². The zero-order valence-electron chi connectivity index (χ0n) is 11.4. The highest BCUT2D eigenvalue weighted by atomic mass is 16.5. The minimum Gasteiger partial charge on any atom is -0.390 e. The fourth-order valence-electron chi connectivity index (χ4n) is 3.08. The highest BCUT2D eigenvalue weighted by Gasteiger charge is 2.34. The third kappa shape index (κ3) is 3.81. The largest absolute Gasteiger partial charge is 0.390 e. The molecule has 0 aromatic heterocycles.